The van der Waals surface area contributed by atoms with E-state index in [4.69, 9.17) is 9.15 Å². The van der Waals surface area contributed by atoms with Crippen molar-refractivity contribution in [1.29, 1.82) is 0 Å². The minimum atomic E-state index is 0.276. The maximum Gasteiger partial charge on any atom is 0.133 e. The Kier molecular flexibility index (Phi) is 4.10. The number of hydrogen-bond donors (Lipinski definition) is 0. The molecule has 0 aliphatic carbocycles. The smallest absolute Gasteiger partial charge is 0.133 e. The number of aromatic nitrogens is 2. The Balaban J connectivity index is 1.66. The molecule has 0 saturated heterocycles. The SMILES string of the molecule is COc1c(-c2cnccn2)ccc2c1CN(C)CC2c1ccc2occc2c1. The van der Waals surface area contributed by atoms with Gasteiger partial charge in [-0.2, -0.15) is 0 Å². The van der Waals surface area contributed by atoms with Crippen molar-refractivity contribution in [3.8, 4) is 17.0 Å². The average molecular weight is 371 g/mol. The van der Waals surface area contributed by atoms with Crippen LogP contribution >= 0.6 is 0 Å². The Morgan fingerprint density at radius 2 is 2.07 bits per heavy atom. The van der Waals surface area contributed by atoms with Gasteiger partial charge in [0.05, 0.1) is 25.3 Å². The van der Waals surface area contributed by atoms with Crippen LogP contribution in [-0.2, 0) is 6.54 Å². The van der Waals surface area contributed by atoms with Crippen LogP contribution in [0, 0.1) is 0 Å². The number of likely N-dealkylation sites (N-methyl/N-ethyl adjacent to an activating group) is 1. The van der Waals surface area contributed by atoms with Gasteiger partial charge < -0.3 is 14.1 Å². The number of methoxy groups -OCH3 is 1. The van der Waals surface area contributed by atoms with E-state index in [2.05, 4.69) is 52.2 Å². The molecule has 0 N–H and O–H groups in total. The summed E-state index contributed by atoms with van der Waals surface area (Å²) in [4.78, 5) is 11.0. The van der Waals surface area contributed by atoms with Gasteiger partial charge in [0.15, 0.2) is 0 Å². The molecule has 1 aliphatic rings. The van der Waals surface area contributed by atoms with Gasteiger partial charge in [-0.25, -0.2) is 0 Å². The molecule has 0 amide bonds. The van der Waals surface area contributed by atoms with Crippen molar-refractivity contribution in [3.05, 3.63) is 77.9 Å². The Morgan fingerprint density at radius 1 is 1.14 bits per heavy atom. The van der Waals surface area contributed by atoms with Gasteiger partial charge >= 0.3 is 0 Å². The third-order valence-corrected chi connectivity index (χ3v) is 5.52. The highest BCUT2D eigenvalue weighted by atomic mass is 16.5. The number of nitrogens with zero attached hydrogens (tertiary/aromatic N) is 3. The molecule has 0 bridgehead atoms. The molecule has 1 atom stereocenters. The van der Waals surface area contributed by atoms with Crippen molar-refractivity contribution >= 4 is 11.0 Å². The molecule has 1 aliphatic heterocycles. The zero-order valence-corrected chi connectivity index (χ0v) is 15.9. The van der Waals surface area contributed by atoms with Gasteiger partial charge in [0.25, 0.3) is 0 Å². The standard InChI is InChI=1S/C23H21N3O2/c1-26-13-19(15-3-6-22-16(11-15)7-10-28-22)17-4-5-18(21-12-24-8-9-25-21)23(27-2)20(17)14-26/h3-12,19H,13-14H2,1-2H3. The van der Waals surface area contributed by atoms with Crippen molar-refractivity contribution in [2.45, 2.75) is 12.5 Å². The monoisotopic (exact) mass is 371 g/mol. The molecule has 140 valence electrons. The molecule has 2 aromatic carbocycles. The molecule has 1 unspecified atom stereocenters. The summed E-state index contributed by atoms with van der Waals surface area (Å²) in [5.41, 5.74) is 6.54. The molecule has 3 heterocycles. The molecular weight excluding hydrogens is 350 g/mol. The van der Waals surface area contributed by atoms with Crippen LogP contribution < -0.4 is 4.74 Å². The van der Waals surface area contributed by atoms with Crippen LogP contribution in [0.25, 0.3) is 22.2 Å². The Labute approximate surface area is 163 Å². The molecule has 4 aromatic rings. The van der Waals surface area contributed by atoms with E-state index in [0.717, 1.165) is 41.1 Å². The highest BCUT2D eigenvalue weighted by Crippen LogP contribution is 2.42. The largest absolute Gasteiger partial charge is 0.496 e. The number of fused-ring (bicyclic) bond motifs is 2. The fraction of sp³-hybridized carbons (Fsp3) is 0.217. The van der Waals surface area contributed by atoms with E-state index >= 15 is 0 Å². The molecule has 0 spiro atoms. The van der Waals surface area contributed by atoms with Gasteiger partial charge in [0, 0.05) is 47.9 Å². The lowest BCUT2D eigenvalue weighted by atomic mass is 9.83. The van der Waals surface area contributed by atoms with E-state index in [1.165, 1.54) is 16.7 Å². The normalized spacial score (nSPS) is 16.9. The Hall–Kier alpha value is -3.18. The highest BCUT2D eigenvalue weighted by molar-refractivity contribution is 5.78. The van der Waals surface area contributed by atoms with Crippen molar-refractivity contribution in [2.24, 2.45) is 0 Å². The number of rotatable bonds is 3. The average Bonchev–Trinajstić information content (AvgIpc) is 3.20. The van der Waals surface area contributed by atoms with Crippen LogP contribution in [-0.4, -0.2) is 35.6 Å². The van der Waals surface area contributed by atoms with Crippen LogP contribution in [0.3, 0.4) is 0 Å². The molecule has 5 heteroatoms. The lowest BCUT2D eigenvalue weighted by Gasteiger charge is -2.34. The summed E-state index contributed by atoms with van der Waals surface area (Å²) < 4.78 is 11.4. The summed E-state index contributed by atoms with van der Waals surface area (Å²) in [6.07, 6.45) is 6.92. The zero-order chi connectivity index (χ0) is 19.1. The van der Waals surface area contributed by atoms with Crippen molar-refractivity contribution in [3.63, 3.8) is 0 Å². The molecule has 0 saturated carbocycles. The van der Waals surface area contributed by atoms with Crippen molar-refractivity contribution < 1.29 is 9.15 Å². The summed E-state index contributed by atoms with van der Waals surface area (Å²) in [6.45, 7) is 1.81. The van der Waals surface area contributed by atoms with Gasteiger partial charge in [-0.1, -0.05) is 12.1 Å². The van der Waals surface area contributed by atoms with Gasteiger partial charge in [-0.15, -0.1) is 0 Å². The maximum atomic E-state index is 5.88. The Bertz CT molecular complexity index is 1140. The van der Waals surface area contributed by atoms with Crippen molar-refractivity contribution in [1.82, 2.24) is 14.9 Å². The summed E-state index contributed by atoms with van der Waals surface area (Å²) in [5.74, 6) is 1.16. The van der Waals surface area contributed by atoms with E-state index in [-0.39, 0.29) is 5.92 Å². The van der Waals surface area contributed by atoms with Crippen LogP contribution in [0.2, 0.25) is 0 Å². The molecule has 28 heavy (non-hydrogen) atoms. The first-order valence-corrected chi connectivity index (χ1v) is 9.36. The van der Waals surface area contributed by atoms with E-state index in [1.54, 1.807) is 32.0 Å². The topological polar surface area (TPSA) is 51.4 Å². The second-order valence-electron chi connectivity index (χ2n) is 7.27. The van der Waals surface area contributed by atoms with Gasteiger partial charge in [0.1, 0.15) is 11.3 Å². The van der Waals surface area contributed by atoms with Crippen LogP contribution in [0.15, 0.2) is 65.7 Å². The van der Waals surface area contributed by atoms with E-state index in [9.17, 15) is 0 Å². The van der Waals surface area contributed by atoms with Crippen LogP contribution in [0.5, 0.6) is 5.75 Å². The van der Waals surface area contributed by atoms with Gasteiger partial charge in [0.2, 0.25) is 0 Å². The first-order valence-electron chi connectivity index (χ1n) is 9.36. The Morgan fingerprint density at radius 3 is 2.89 bits per heavy atom. The van der Waals surface area contributed by atoms with Gasteiger partial charge in [-0.3, -0.25) is 9.97 Å². The number of benzene rings is 2. The van der Waals surface area contributed by atoms with Crippen LogP contribution in [0.1, 0.15) is 22.6 Å². The summed E-state index contributed by atoms with van der Waals surface area (Å²) in [7, 11) is 3.89. The highest BCUT2D eigenvalue weighted by Gasteiger charge is 2.29. The third kappa shape index (κ3) is 2.75. The minimum absolute atomic E-state index is 0.276. The maximum absolute atomic E-state index is 5.88. The number of hydrogen-bond acceptors (Lipinski definition) is 5. The predicted octanol–water partition coefficient (Wildman–Crippen LogP) is 4.48. The lowest BCUT2D eigenvalue weighted by molar-refractivity contribution is 0.286. The molecular formula is C23H21N3O2. The second-order valence-corrected chi connectivity index (χ2v) is 7.27. The summed E-state index contributed by atoms with van der Waals surface area (Å²) in [5, 5.41) is 1.13. The molecule has 0 radical (unpaired) electrons. The molecule has 0 fully saturated rings. The molecule has 2 aromatic heterocycles. The fourth-order valence-electron chi connectivity index (χ4n) is 4.24. The first kappa shape index (κ1) is 17.0. The molecule has 5 rings (SSSR count). The molecule has 5 nitrogen and oxygen atoms in total. The van der Waals surface area contributed by atoms with E-state index < -0.39 is 0 Å². The van der Waals surface area contributed by atoms with Gasteiger partial charge in [-0.05, 0) is 42.4 Å². The minimum Gasteiger partial charge on any atom is -0.496 e. The van der Waals surface area contributed by atoms with E-state index in [1.807, 2.05) is 6.07 Å². The predicted molar refractivity (Wildman–Crippen MR) is 108 cm³/mol. The lowest BCUT2D eigenvalue weighted by Crippen LogP contribution is -2.31. The third-order valence-electron chi connectivity index (χ3n) is 5.52. The van der Waals surface area contributed by atoms with Crippen LogP contribution in [0.4, 0.5) is 0 Å². The van der Waals surface area contributed by atoms with Crippen molar-refractivity contribution in [2.75, 3.05) is 20.7 Å². The second kappa shape index (κ2) is 6.77. The zero-order valence-electron chi connectivity index (χ0n) is 15.9. The quantitative estimate of drug-likeness (QED) is 0.532. The summed E-state index contributed by atoms with van der Waals surface area (Å²) in [6, 6.07) is 12.8. The number of ether oxygens (including phenoxy) is 1. The fourth-order valence-corrected chi connectivity index (χ4v) is 4.24. The summed E-state index contributed by atoms with van der Waals surface area (Å²) >= 11 is 0. The van der Waals surface area contributed by atoms with E-state index in [0.29, 0.717) is 0 Å². The number of furan rings is 1. The first-order chi connectivity index (χ1) is 13.7.